The number of carbonyl (C=O) groups excluding carboxylic acids is 1. The summed E-state index contributed by atoms with van der Waals surface area (Å²) in [4.78, 5) is 14.5. The third-order valence-electron chi connectivity index (χ3n) is 4.33. The van der Waals surface area contributed by atoms with Gasteiger partial charge in [-0.05, 0) is 55.0 Å². The predicted molar refractivity (Wildman–Crippen MR) is 116 cm³/mol. The molecule has 0 aliphatic carbocycles. The Labute approximate surface area is 176 Å². The molecular weight excluding hydrogens is 408 g/mol. The Morgan fingerprint density at radius 1 is 1.00 bits per heavy atom. The number of rotatable bonds is 6. The summed E-state index contributed by atoms with van der Waals surface area (Å²) in [5.41, 5.74) is 2.87. The van der Waals surface area contributed by atoms with E-state index >= 15 is 0 Å². The molecule has 0 radical (unpaired) electrons. The number of amides is 1. The second-order valence-electron chi connectivity index (χ2n) is 6.79. The Balaban J connectivity index is 1.76. The largest absolute Gasteiger partial charge is 0.337 e. The molecule has 5 nitrogen and oxygen atoms in total. The highest BCUT2D eigenvalue weighted by atomic mass is 35.5. The predicted octanol–water partition coefficient (Wildman–Crippen LogP) is 4.72. The molecule has 0 aliphatic heterocycles. The second kappa shape index (κ2) is 8.68. The number of hydrogen-bond donors (Lipinski definition) is 1. The van der Waals surface area contributed by atoms with Crippen molar-refractivity contribution in [3.8, 4) is 0 Å². The molecule has 3 aromatic carbocycles. The fourth-order valence-corrected chi connectivity index (χ4v) is 4.10. The van der Waals surface area contributed by atoms with Gasteiger partial charge in [0.25, 0.3) is 15.9 Å². The van der Waals surface area contributed by atoms with Gasteiger partial charge in [-0.2, -0.15) is 0 Å². The first-order valence-corrected chi connectivity index (χ1v) is 10.8. The topological polar surface area (TPSA) is 66.5 Å². The van der Waals surface area contributed by atoms with Gasteiger partial charge in [-0.15, -0.1) is 0 Å². The first-order chi connectivity index (χ1) is 13.7. The number of nitrogens with one attached hydrogen (secondary N) is 1. The molecule has 0 saturated heterocycles. The van der Waals surface area contributed by atoms with Crippen LogP contribution in [0.5, 0.6) is 0 Å². The molecule has 0 saturated carbocycles. The molecule has 0 unspecified atom stereocenters. The maximum Gasteiger partial charge on any atom is 0.261 e. The molecule has 0 aliphatic rings. The minimum Gasteiger partial charge on any atom is -0.337 e. The third-order valence-corrected chi connectivity index (χ3v) is 5.98. The molecule has 0 bridgehead atoms. The number of anilines is 1. The zero-order valence-electron chi connectivity index (χ0n) is 16.1. The van der Waals surface area contributed by atoms with Crippen molar-refractivity contribution in [1.29, 1.82) is 0 Å². The average molecular weight is 429 g/mol. The Bertz CT molecular complexity index is 1130. The average Bonchev–Trinajstić information content (AvgIpc) is 2.67. The van der Waals surface area contributed by atoms with Gasteiger partial charge in [-0.25, -0.2) is 8.42 Å². The van der Waals surface area contributed by atoms with Crippen molar-refractivity contribution >= 4 is 33.2 Å². The summed E-state index contributed by atoms with van der Waals surface area (Å²) in [5, 5.41) is 0.452. The van der Waals surface area contributed by atoms with Crippen molar-refractivity contribution in [2.24, 2.45) is 0 Å². The monoisotopic (exact) mass is 428 g/mol. The molecule has 150 valence electrons. The van der Waals surface area contributed by atoms with E-state index in [0.29, 0.717) is 22.8 Å². The van der Waals surface area contributed by atoms with E-state index in [1.807, 2.05) is 31.2 Å². The highest BCUT2D eigenvalue weighted by molar-refractivity contribution is 7.92. The lowest BCUT2D eigenvalue weighted by molar-refractivity contribution is 0.0785. The zero-order chi connectivity index (χ0) is 21.0. The number of sulfonamides is 1. The lowest BCUT2D eigenvalue weighted by atomic mass is 10.1. The van der Waals surface area contributed by atoms with Crippen molar-refractivity contribution < 1.29 is 13.2 Å². The van der Waals surface area contributed by atoms with Crippen LogP contribution in [0.2, 0.25) is 5.02 Å². The first kappa shape index (κ1) is 20.9. The molecule has 7 heteroatoms. The summed E-state index contributed by atoms with van der Waals surface area (Å²) in [5.74, 6) is -0.195. The molecule has 0 atom stereocenters. The Morgan fingerprint density at radius 2 is 1.69 bits per heavy atom. The summed E-state index contributed by atoms with van der Waals surface area (Å²) in [6, 6.07) is 20.3. The van der Waals surface area contributed by atoms with Gasteiger partial charge in [-0.1, -0.05) is 47.5 Å². The van der Waals surface area contributed by atoms with Gasteiger partial charge in [0, 0.05) is 29.9 Å². The molecule has 0 fully saturated rings. The lowest BCUT2D eigenvalue weighted by Gasteiger charge is -2.18. The summed E-state index contributed by atoms with van der Waals surface area (Å²) in [6.45, 7) is 2.46. The minimum atomic E-state index is -3.78. The lowest BCUT2D eigenvalue weighted by Crippen LogP contribution is -2.26. The number of hydrogen-bond acceptors (Lipinski definition) is 3. The van der Waals surface area contributed by atoms with E-state index in [0.717, 1.165) is 11.1 Å². The highest BCUT2D eigenvalue weighted by Crippen LogP contribution is 2.20. The van der Waals surface area contributed by atoms with Crippen LogP contribution < -0.4 is 4.72 Å². The van der Waals surface area contributed by atoms with E-state index in [1.54, 1.807) is 30.1 Å². The fraction of sp³-hybridized carbons (Fsp3) is 0.136. The van der Waals surface area contributed by atoms with Crippen molar-refractivity contribution in [3.63, 3.8) is 0 Å². The van der Waals surface area contributed by atoms with Gasteiger partial charge in [0.2, 0.25) is 0 Å². The van der Waals surface area contributed by atoms with E-state index < -0.39 is 10.0 Å². The van der Waals surface area contributed by atoms with E-state index in [9.17, 15) is 13.2 Å². The number of benzene rings is 3. The first-order valence-electron chi connectivity index (χ1n) is 8.94. The Hall–Kier alpha value is -2.83. The second-order valence-corrected chi connectivity index (χ2v) is 8.91. The van der Waals surface area contributed by atoms with Crippen LogP contribution >= 0.6 is 11.6 Å². The molecule has 1 N–H and O–H groups in total. The van der Waals surface area contributed by atoms with Gasteiger partial charge in [0.15, 0.2) is 0 Å². The number of aryl methyl sites for hydroxylation is 1. The summed E-state index contributed by atoms with van der Waals surface area (Å²) >= 11 is 5.82. The van der Waals surface area contributed by atoms with Crippen LogP contribution in [0.1, 0.15) is 21.5 Å². The molecule has 1 amide bonds. The molecule has 3 aromatic rings. The zero-order valence-corrected chi connectivity index (χ0v) is 17.7. The van der Waals surface area contributed by atoms with Crippen LogP contribution in [0, 0.1) is 6.92 Å². The van der Waals surface area contributed by atoms with Crippen molar-refractivity contribution in [3.05, 3.63) is 94.5 Å². The van der Waals surface area contributed by atoms with Crippen molar-refractivity contribution in [2.45, 2.75) is 18.4 Å². The molecular formula is C22H21ClN2O3S. The normalized spacial score (nSPS) is 11.1. The molecule has 3 rings (SSSR count). The van der Waals surface area contributed by atoms with Gasteiger partial charge < -0.3 is 4.90 Å². The molecule has 0 heterocycles. The number of nitrogens with zero attached hydrogens (tertiary/aromatic N) is 1. The van der Waals surface area contributed by atoms with Crippen LogP contribution in [-0.2, 0) is 16.6 Å². The van der Waals surface area contributed by atoms with E-state index in [-0.39, 0.29) is 10.8 Å². The Kier molecular flexibility index (Phi) is 6.25. The van der Waals surface area contributed by atoms with E-state index in [2.05, 4.69) is 4.72 Å². The van der Waals surface area contributed by atoms with Gasteiger partial charge in [-0.3, -0.25) is 9.52 Å². The summed E-state index contributed by atoms with van der Waals surface area (Å²) in [6.07, 6.45) is 0. The van der Waals surface area contributed by atoms with Gasteiger partial charge in [0.05, 0.1) is 4.90 Å². The van der Waals surface area contributed by atoms with Crippen molar-refractivity contribution in [2.75, 3.05) is 11.8 Å². The smallest absolute Gasteiger partial charge is 0.261 e. The quantitative estimate of drug-likeness (QED) is 0.617. The maximum atomic E-state index is 12.8. The van der Waals surface area contributed by atoms with Crippen LogP contribution in [0.25, 0.3) is 0 Å². The van der Waals surface area contributed by atoms with Gasteiger partial charge >= 0.3 is 0 Å². The highest BCUT2D eigenvalue weighted by Gasteiger charge is 2.17. The minimum absolute atomic E-state index is 0.0928. The summed E-state index contributed by atoms with van der Waals surface area (Å²) < 4.78 is 27.6. The van der Waals surface area contributed by atoms with E-state index in [1.165, 1.54) is 30.3 Å². The number of carbonyl (C=O) groups is 1. The Morgan fingerprint density at radius 3 is 2.38 bits per heavy atom. The number of halogens is 1. The molecule has 0 aromatic heterocycles. The maximum absolute atomic E-state index is 12.8. The van der Waals surface area contributed by atoms with Crippen LogP contribution in [0.3, 0.4) is 0 Å². The molecule has 29 heavy (non-hydrogen) atoms. The molecule has 0 spiro atoms. The van der Waals surface area contributed by atoms with Crippen LogP contribution in [0.4, 0.5) is 5.69 Å². The third kappa shape index (κ3) is 5.37. The van der Waals surface area contributed by atoms with Crippen LogP contribution in [-0.4, -0.2) is 26.3 Å². The summed E-state index contributed by atoms with van der Waals surface area (Å²) in [7, 11) is -2.06. The van der Waals surface area contributed by atoms with Crippen LogP contribution in [0.15, 0.2) is 77.7 Å². The standard InChI is InChI=1S/C22H21ClN2O3S/c1-16-5-3-6-17(13-16)15-25(2)22(26)18-7-4-8-20(14-18)24-29(27,28)21-11-9-19(23)10-12-21/h3-14,24H,15H2,1-2H3. The fourth-order valence-electron chi connectivity index (χ4n) is 2.92. The van der Waals surface area contributed by atoms with Crippen molar-refractivity contribution in [1.82, 2.24) is 4.90 Å². The van der Waals surface area contributed by atoms with Gasteiger partial charge in [0.1, 0.15) is 0 Å². The SMILES string of the molecule is Cc1cccc(CN(C)C(=O)c2cccc(NS(=O)(=O)c3ccc(Cl)cc3)c2)c1. The van der Waals surface area contributed by atoms with E-state index in [4.69, 9.17) is 11.6 Å².